The summed E-state index contributed by atoms with van der Waals surface area (Å²) in [6.45, 7) is 0.661. The first-order valence-electron chi connectivity index (χ1n) is 9.16. The number of carbonyl (C=O) groups is 1. The molecular formula is C21H18N4O4S. The van der Waals surface area contributed by atoms with Gasteiger partial charge in [0.1, 0.15) is 0 Å². The van der Waals surface area contributed by atoms with Crippen LogP contribution in [0, 0.1) is 0 Å². The number of aromatic nitrogens is 3. The van der Waals surface area contributed by atoms with Gasteiger partial charge >= 0.3 is 0 Å². The average molecular weight is 422 g/mol. The molecule has 4 aromatic rings. The molecule has 2 aromatic heterocycles. The van der Waals surface area contributed by atoms with E-state index >= 15 is 0 Å². The minimum atomic E-state index is -0.414. The van der Waals surface area contributed by atoms with E-state index in [1.807, 2.05) is 24.3 Å². The number of fused-ring (bicyclic) bond motifs is 1. The topological polar surface area (TPSA) is 97.3 Å². The van der Waals surface area contributed by atoms with Crippen LogP contribution in [0.5, 0.6) is 0 Å². The number of para-hydroxylation sites is 1. The molecule has 2 heterocycles. The normalized spacial score (nSPS) is 11.0. The van der Waals surface area contributed by atoms with E-state index in [2.05, 4.69) is 10.1 Å². The average Bonchev–Trinajstić information content (AvgIpc) is 3.19. The lowest BCUT2D eigenvalue weighted by Crippen LogP contribution is -2.34. The van der Waals surface area contributed by atoms with Crippen molar-refractivity contribution >= 4 is 32.6 Å². The zero-order chi connectivity index (χ0) is 21.1. The summed E-state index contributed by atoms with van der Waals surface area (Å²) in [6, 6.07) is 16.5. The lowest BCUT2D eigenvalue weighted by molar-refractivity contribution is 0.0976. The number of carbonyl (C=O) groups excluding carboxylic acids is 1. The van der Waals surface area contributed by atoms with E-state index in [4.69, 9.17) is 4.74 Å². The summed E-state index contributed by atoms with van der Waals surface area (Å²) in [5, 5.41) is 3.03. The highest BCUT2D eigenvalue weighted by atomic mass is 32.1. The molecule has 0 radical (unpaired) electrons. The number of amides is 1. The second-order valence-corrected chi connectivity index (χ2v) is 7.46. The lowest BCUT2D eigenvalue weighted by Gasteiger charge is -2.20. The maximum absolute atomic E-state index is 13.3. The van der Waals surface area contributed by atoms with Gasteiger partial charge in [0, 0.05) is 24.8 Å². The Kier molecular flexibility index (Phi) is 5.55. The molecule has 30 heavy (non-hydrogen) atoms. The number of nitrogens with zero attached hydrogens (tertiary/aromatic N) is 3. The Morgan fingerprint density at radius 3 is 2.77 bits per heavy atom. The molecule has 1 amide bonds. The lowest BCUT2D eigenvalue weighted by atomic mass is 10.1. The molecule has 0 unspecified atom stereocenters. The Morgan fingerprint density at radius 2 is 1.97 bits per heavy atom. The van der Waals surface area contributed by atoms with Gasteiger partial charge in [0.25, 0.3) is 17.0 Å². The Hall–Kier alpha value is -3.56. The predicted octanol–water partition coefficient (Wildman–Crippen LogP) is 2.43. The number of thiazole rings is 1. The van der Waals surface area contributed by atoms with Crippen molar-refractivity contribution in [3.63, 3.8) is 0 Å². The minimum Gasteiger partial charge on any atom is -0.383 e. The summed E-state index contributed by atoms with van der Waals surface area (Å²) in [7, 11) is 1.57. The molecular weight excluding hydrogens is 404 g/mol. The maximum Gasteiger partial charge on any atom is 0.269 e. The van der Waals surface area contributed by atoms with Crippen molar-refractivity contribution in [2.75, 3.05) is 25.2 Å². The van der Waals surface area contributed by atoms with E-state index in [-0.39, 0.29) is 5.91 Å². The fourth-order valence-corrected chi connectivity index (χ4v) is 3.98. The van der Waals surface area contributed by atoms with Crippen LogP contribution >= 0.6 is 11.3 Å². The van der Waals surface area contributed by atoms with Gasteiger partial charge in [-0.15, -0.1) is 0 Å². The van der Waals surface area contributed by atoms with E-state index < -0.39 is 11.1 Å². The number of benzene rings is 2. The summed E-state index contributed by atoms with van der Waals surface area (Å²) in [5.74, 6) is -0.278. The van der Waals surface area contributed by atoms with Crippen LogP contribution in [0.25, 0.3) is 15.9 Å². The Balaban J connectivity index is 1.73. The van der Waals surface area contributed by atoms with Gasteiger partial charge in [0.2, 0.25) is 0 Å². The van der Waals surface area contributed by atoms with Gasteiger partial charge in [-0.05, 0) is 30.3 Å². The van der Waals surface area contributed by atoms with Gasteiger partial charge in [-0.25, -0.2) is 9.67 Å². The minimum absolute atomic E-state index is 0.278. The third-order valence-electron chi connectivity index (χ3n) is 4.45. The zero-order valence-corrected chi connectivity index (χ0v) is 16.9. The molecule has 2 aromatic carbocycles. The quantitative estimate of drug-likeness (QED) is 0.515. The summed E-state index contributed by atoms with van der Waals surface area (Å²) < 4.78 is 7.26. The van der Waals surface area contributed by atoms with Gasteiger partial charge in [0.05, 0.1) is 29.1 Å². The van der Waals surface area contributed by atoms with Crippen molar-refractivity contribution in [1.82, 2.24) is 14.8 Å². The molecule has 152 valence electrons. The van der Waals surface area contributed by atoms with Crippen molar-refractivity contribution < 1.29 is 9.53 Å². The number of hydrogen-bond acceptors (Lipinski definition) is 6. The first-order chi connectivity index (χ1) is 14.6. The largest absolute Gasteiger partial charge is 0.383 e. The standard InChI is InChI=1S/C21H18N4O4S/c1-29-12-11-24(21-22-16-7-2-3-8-17(16)30-21)20(28)14-5-4-6-15(13-14)25-19(27)10-9-18(26)23-25/h2-10,13H,11-12H2,1H3,(H,23,26). The van der Waals surface area contributed by atoms with Gasteiger partial charge in [0.15, 0.2) is 5.13 Å². The van der Waals surface area contributed by atoms with E-state index in [1.165, 1.54) is 17.4 Å². The van der Waals surface area contributed by atoms with Crippen LogP contribution in [0.15, 0.2) is 70.3 Å². The number of H-pyrrole nitrogens is 1. The molecule has 0 saturated carbocycles. The molecule has 9 heteroatoms. The van der Waals surface area contributed by atoms with Gasteiger partial charge in [-0.2, -0.15) is 0 Å². The summed E-state index contributed by atoms with van der Waals surface area (Å²) in [4.78, 5) is 43.2. The van der Waals surface area contributed by atoms with E-state index in [0.29, 0.717) is 29.5 Å². The molecule has 1 N–H and O–H groups in total. The number of ether oxygens (including phenoxy) is 1. The molecule has 4 rings (SSSR count). The third-order valence-corrected chi connectivity index (χ3v) is 5.51. The third kappa shape index (κ3) is 3.93. The monoisotopic (exact) mass is 422 g/mol. The number of anilines is 1. The Bertz CT molecular complexity index is 1290. The zero-order valence-electron chi connectivity index (χ0n) is 16.1. The number of aromatic amines is 1. The van der Waals surface area contributed by atoms with Gasteiger partial charge in [-0.1, -0.05) is 29.5 Å². The van der Waals surface area contributed by atoms with Crippen LogP contribution in [0.2, 0.25) is 0 Å². The van der Waals surface area contributed by atoms with Gasteiger partial charge in [-0.3, -0.25) is 24.4 Å². The maximum atomic E-state index is 13.3. The molecule has 0 aliphatic heterocycles. The molecule has 0 bridgehead atoms. The number of methoxy groups -OCH3 is 1. The van der Waals surface area contributed by atoms with Crippen LogP contribution in [0.1, 0.15) is 10.4 Å². The Labute approximate surface area is 175 Å². The van der Waals surface area contributed by atoms with Crippen molar-refractivity contribution in [2.45, 2.75) is 0 Å². The number of rotatable bonds is 6. The highest BCUT2D eigenvalue weighted by molar-refractivity contribution is 7.22. The number of hydrogen-bond donors (Lipinski definition) is 1. The molecule has 0 aliphatic rings. The van der Waals surface area contributed by atoms with Crippen molar-refractivity contribution in [1.29, 1.82) is 0 Å². The van der Waals surface area contributed by atoms with Crippen LogP contribution in [-0.2, 0) is 4.74 Å². The second-order valence-electron chi connectivity index (χ2n) is 6.45. The van der Waals surface area contributed by atoms with E-state index in [1.54, 1.807) is 36.3 Å². The SMILES string of the molecule is COCCN(C(=O)c1cccc(-n2[nH]c(=O)ccc2=O)c1)c1nc2ccccc2s1. The van der Waals surface area contributed by atoms with Crippen molar-refractivity contribution in [3.05, 3.63) is 86.9 Å². The van der Waals surface area contributed by atoms with E-state index in [9.17, 15) is 14.4 Å². The first kappa shape index (κ1) is 19.7. The first-order valence-corrected chi connectivity index (χ1v) is 9.97. The van der Waals surface area contributed by atoms with Crippen LogP contribution in [-0.4, -0.2) is 40.9 Å². The number of nitrogens with one attached hydrogen (secondary N) is 1. The molecule has 0 saturated heterocycles. The van der Waals surface area contributed by atoms with E-state index in [0.717, 1.165) is 21.0 Å². The van der Waals surface area contributed by atoms with Gasteiger partial charge < -0.3 is 4.74 Å². The second kappa shape index (κ2) is 8.44. The molecule has 0 fully saturated rings. The smallest absolute Gasteiger partial charge is 0.269 e. The summed E-state index contributed by atoms with van der Waals surface area (Å²) in [6.07, 6.45) is 0. The predicted molar refractivity (Wildman–Crippen MR) is 116 cm³/mol. The molecule has 0 atom stereocenters. The van der Waals surface area contributed by atoms with Crippen LogP contribution < -0.4 is 16.0 Å². The summed E-state index contributed by atoms with van der Waals surface area (Å²) >= 11 is 1.42. The fourth-order valence-electron chi connectivity index (χ4n) is 2.99. The van der Waals surface area contributed by atoms with Crippen molar-refractivity contribution in [2.24, 2.45) is 0 Å². The van der Waals surface area contributed by atoms with Crippen LogP contribution in [0.4, 0.5) is 5.13 Å². The Morgan fingerprint density at radius 1 is 1.13 bits per heavy atom. The summed E-state index contributed by atoms with van der Waals surface area (Å²) in [5.41, 5.74) is 0.748. The highest BCUT2D eigenvalue weighted by Gasteiger charge is 2.21. The fraction of sp³-hybridized carbons (Fsp3) is 0.143. The highest BCUT2D eigenvalue weighted by Crippen LogP contribution is 2.29. The molecule has 0 spiro atoms. The van der Waals surface area contributed by atoms with Crippen LogP contribution in [0.3, 0.4) is 0 Å². The molecule has 8 nitrogen and oxygen atoms in total. The molecule has 0 aliphatic carbocycles. The van der Waals surface area contributed by atoms with Crippen molar-refractivity contribution in [3.8, 4) is 5.69 Å².